The van der Waals surface area contributed by atoms with Crippen LogP contribution in [0.5, 0.6) is 34.5 Å². The van der Waals surface area contributed by atoms with Crippen molar-refractivity contribution in [1.29, 1.82) is 0 Å². The van der Waals surface area contributed by atoms with Gasteiger partial charge in [0.1, 0.15) is 60.9 Å². The van der Waals surface area contributed by atoms with Gasteiger partial charge in [0.05, 0.1) is 0 Å². The first-order valence-corrected chi connectivity index (χ1v) is 14.4. The summed E-state index contributed by atoms with van der Waals surface area (Å²) < 4.78 is 43.4. The van der Waals surface area contributed by atoms with Crippen molar-refractivity contribution in [2.75, 3.05) is 26.4 Å². The van der Waals surface area contributed by atoms with Crippen LogP contribution < -0.4 is 18.9 Å². The molecule has 3 rings (SSSR count). The number of hydrogen-bond donors (Lipinski definition) is 0. The van der Waals surface area contributed by atoms with E-state index in [1.165, 1.54) is 0 Å². The summed E-state index contributed by atoms with van der Waals surface area (Å²) in [4.78, 5) is 45.9. The molecule has 0 aromatic heterocycles. The second kappa shape index (κ2) is 19.3. The van der Waals surface area contributed by atoms with E-state index < -0.39 is 36.1 Å². The van der Waals surface area contributed by atoms with Crippen LogP contribution in [0.2, 0.25) is 0 Å². The summed E-state index contributed by atoms with van der Waals surface area (Å²) in [6, 6.07) is 20.5. The molecule has 0 N–H and O–H groups in total. The van der Waals surface area contributed by atoms with Crippen molar-refractivity contribution in [2.24, 2.45) is 0 Å². The molecule has 12 nitrogen and oxygen atoms in total. The Morgan fingerprint density at radius 3 is 0.979 bits per heavy atom. The average molecular weight is 659 g/mol. The molecule has 0 aliphatic heterocycles. The minimum atomic E-state index is -0.849. The van der Waals surface area contributed by atoms with Gasteiger partial charge in [-0.1, -0.05) is 26.3 Å². The standard InChI is InChI=1S/C36H34O12/c1-5-33(37)43-23-31(47-35(39)7-3)21-41-25-9-13-27(14-10-25)45-29-17-19-30(20-18-29)46-28-15-11-26(12-16-28)42-22-32(48-36(40)8-4)24-44-34(38)6-2/h5-20,31-32H,1-4,21-24H2. The van der Waals surface area contributed by atoms with E-state index in [9.17, 15) is 19.2 Å². The first kappa shape index (κ1) is 36.2. The normalized spacial score (nSPS) is 11.3. The lowest BCUT2D eigenvalue weighted by molar-refractivity contribution is -0.154. The summed E-state index contributed by atoms with van der Waals surface area (Å²) in [6.45, 7) is 12.8. The number of carbonyl (C=O) groups is 4. The van der Waals surface area contributed by atoms with Crippen LogP contribution in [0.3, 0.4) is 0 Å². The van der Waals surface area contributed by atoms with E-state index in [1.54, 1.807) is 72.8 Å². The van der Waals surface area contributed by atoms with Crippen LogP contribution in [0.4, 0.5) is 0 Å². The van der Waals surface area contributed by atoms with Crippen molar-refractivity contribution in [2.45, 2.75) is 12.2 Å². The molecule has 0 saturated heterocycles. The molecule has 48 heavy (non-hydrogen) atoms. The quantitative estimate of drug-likeness (QED) is 0.0837. The molecule has 0 bridgehead atoms. The molecule has 3 aromatic rings. The first-order valence-electron chi connectivity index (χ1n) is 14.4. The fourth-order valence-electron chi connectivity index (χ4n) is 3.56. The second-order valence-corrected chi connectivity index (χ2v) is 9.43. The number of esters is 4. The molecule has 0 spiro atoms. The number of ether oxygens (including phenoxy) is 8. The highest BCUT2D eigenvalue weighted by Crippen LogP contribution is 2.29. The zero-order valence-corrected chi connectivity index (χ0v) is 25.9. The lowest BCUT2D eigenvalue weighted by Crippen LogP contribution is -2.30. The van der Waals surface area contributed by atoms with E-state index in [1.807, 2.05) is 0 Å². The van der Waals surface area contributed by atoms with Gasteiger partial charge in [-0.05, 0) is 72.8 Å². The SMILES string of the molecule is C=CC(=O)OCC(COc1ccc(Oc2ccc(Oc3ccc(OCC(COC(=O)C=C)OC(=O)C=C)cc3)cc2)cc1)OC(=O)C=C. The number of rotatable bonds is 20. The molecule has 0 aliphatic carbocycles. The zero-order chi connectivity index (χ0) is 34.7. The molecule has 2 unspecified atom stereocenters. The van der Waals surface area contributed by atoms with Crippen molar-refractivity contribution < 1.29 is 57.1 Å². The maximum atomic E-state index is 11.6. The lowest BCUT2D eigenvalue weighted by atomic mass is 10.3. The molecule has 12 heteroatoms. The van der Waals surface area contributed by atoms with E-state index >= 15 is 0 Å². The van der Waals surface area contributed by atoms with Gasteiger partial charge in [-0.25, -0.2) is 19.2 Å². The summed E-state index contributed by atoms with van der Waals surface area (Å²) in [7, 11) is 0. The van der Waals surface area contributed by atoms with Gasteiger partial charge in [0.15, 0.2) is 12.2 Å². The molecule has 3 aromatic carbocycles. The minimum absolute atomic E-state index is 0.0653. The zero-order valence-electron chi connectivity index (χ0n) is 25.9. The summed E-state index contributed by atoms with van der Waals surface area (Å²) in [6.07, 6.45) is 2.32. The molecular formula is C36H34O12. The smallest absolute Gasteiger partial charge is 0.330 e. The molecule has 0 aliphatic rings. The monoisotopic (exact) mass is 658 g/mol. The highest BCUT2D eigenvalue weighted by Gasteiger charge is 2.17. The van der Waals surface area contributed by atoms with E-state index in [-0.39, 0.29) is 26.4 Å². The topological polar surface area (TPSA) is 142 Å². The van der Waals surface area contributed by atoms with E-state index in [2.05, 4.69) is 26.3 Å². The highest BCUT2D eigenvalue weighted by atomic mass is 16.6. The van der Waals surface area contributed by atoms with E-state index in [0.717, 1.165) is 24.3 Å². The van der Waals surface area contributed by atoms with Gasteiger partial charge in [-0.15, -0.1) is 0 Å². The van der Waals surface area contributed by atoms with Gasteiger partial charge in [0, 0.05) is 24.3 Å². The molecule has 0 amide bonds. The maximum absolute atomic E-state index is 11.6. The van der Waals surface area contributed by atoms with E-state index in [0.29, 0.717) is 34.5 Å². The number of hydrogen-bond acceptors (Lipinski definition) is 12. The third-order valence-electron chi connectivity index (χ3n) is 5.87. The third kappa shape index (κ3) is 13.0. The van der Waals surface area contributed by atoms with Crippen LogP contribution in [-0.2, 0) is 38.1 Å². The van der Waals surface area contributed by atoms with Crippen molar-refractivity contribution >= 4 is 23.9 Å². The maximum Gasteiger partial charge on any atom is 0.330 e. The Hall–Kier alpha value is -6.30. The third-order valence-corrected chi connectivity index (χ3v) is 5.87. The Morgan fingerprint density at radius 2 is 0.708 bits per heavy atom. The fourth-order valence-corrected chi connectivity index (χ4v) is 3.56. The van der Waals surface area contributed by atoms with Gasteiger partial charge in [-0.3, -0.25) is 0 Å². The Balaban J connectivity index is 1.48. The van der Waals surface area contributed by atoms with Gasteiger partial charge in [-0.2, -0.15) is 0 Å². The van der Waals surface area contributed by atoms with Crippen molar-refractivity contribution in [1.82, 2.24) is 0 Å². The van der Waals surface area contributed by atoms with Crippen molar-refractivity contribution in [3.63, 3.8) is 0 Å². The average Bonchev–Trinajstić information content (AvgIpc) is 3.11. The number of benzene rings is 3. The van der Waals surface area contributed by atoms with Gasteiger partial charge in [0.25, 0.3) is 0 Å². The molecule has 0 fully saturated rings. The molecule has 0 radical (unpaired) electrons. The summed E-state index contributed by atoms with van der Waals surface area (Å²) >= 11 is 0. The summed E-state index contributed by atoms with van der Waals surface area (Å²) in [5.41, 5.74) is 0. The van der Waals surface area contributed by atoms with Crippen molar-refractivity contribution in [3.8, 4) is 34.5 Å². The van der Waals surface area contributed by atoms with Gasteiger partial charge < -0.3 is 37.9 Å². The lowest BCUT2D eigenvalue weighted by Gasteiger charge is -2.17. The van der Waals surface area contributed by atoms with Crippen molar-refractivity contribution in [3.05, 3.63) is 123 Å². The van der Waals surface area contributed by atoms with Crippen LogP contribution in [-0.4, -0.2) is 62.5 Å². The predicted molar refractivity (Wildman–Crippen MR) is 173 cm³/mol. The largest absolute Gasteiger partial charge is 0.490 e. The fraction of sp³-hybridized carbons (Fsp3) is 0.167. The van der Waals surface area contributed by atoms with Crippen LogP contribution in [0.15, 0.2) is 123 Å². The van der Waals surface area contributed by atoms with E-state index in [4.69, 9.17) is 37.9 Å². The summed E-state index contributed by atoms with van der Waals surface area (Å²) in [5, 5.41) is 0. The molecule has 250 valence electrons. The Bertz CT molecular complexity index is 1440. The van der Waals surface area contributed by atoms with Crippen LogP contribution in [0.25, 0.3) is 0 Å². The highest BCUT2D eigenvalue weighted by molar-refractivity contribution is 5.82. The molecular weight excluding hydrogens is 624 g/mol. The van der Waals surface area contributed by atoms with Crippen LogP contribution in [0, 0.1) is 0 Å². The minimum Gasteiger partial charge on any atom is -0.490 e. The summed E-state index contributed by atoms with van der Waals surface area (Å²) in [5.74, 6) is 0.499. The molecule has 0 heterocycles. The Kier molecular flexibility index (Phi) is 14.5. The van der Waals surface area contributed by atoms with Gasteiger partial charge >= 0.3 is 23.9 Å². The van der Waals surface area contributed by atoms with Crippen LogP contribution in [0.1, 0.15) is 0 Å². The van der Waals surface area contributed by atoms with Crippen LogP contribution >= 0.6 is 0 Å². The molecule has 2 atom stereocenters. The Labute approximate surface area is 277 Å². The first-order chi connectivity index (χ1) is 23.2. The Morgan fingerprint density at radius 1 is 0.438 bits per heavy atom. The molecule has 0 saturated carbocycles. The predicted octanol–water partition coefficient (Wildman–Crippen LogP) is 5.68. The second-order valence-electron chi connectivity index (χ2n) is 9.43. The number of carbonyl (C=O) groups excluding carboxylic acids is 4. The van der Waals surface area contributed by atoms with Gasteiger partial charge in [0.2, 0.25) is 0 Å².